The zero-order chi connectivity index (χ0) is 10.7. The first-order chi connectivity index (χ1) is 7.29. The molecule has 3 heteroatoms. The van der Waals surface area contributed by atoms with Gasteiger partial charge in [0.05, 0.1) is 5.60 Å². The van der Waals surface area contributed by atoms with Crippen molar-refractivity contribution in [3.63, 3.8) is 0 Å². The Morgan fingerprint density at radius 3 is 2.80 bits per heavy atom. The molecule has 0 bridgehead atoms. The van der Waals surface area contributed by atoms with E-state index in [4.69, 9.17) is 10.6 Å². The molecule has 2 aliphatic rings. The summed E-state index contributed by atoms with van der Waals surface area (Å²) in [5, 5.41) is 0. The molecule has 1 aliphatic heterocycles. The van der Waals surface area contributed by atoms with Crippen LogP contribution in [0.3, 0.4) is 0 Å². The number of hydrazine groups is 1. The smallest absolute Gasteiger partial charge is 0.0685 e. The lowest BCUT2D eigenvalue weighted by molar-refractivity contribution is -0.0980. The fraction of sp³-hybridized carbons (Fsp3) is 1.00. The van der Waals surface area contributed by atoms with Gasteiger partial charge in [-0.3, -0.25) is 11.3 Å². The maximum atomic E-state index is 6.03. The second-order valence-electron chi connectivity index (χ2n) is 5.17. The van der Waals surface area contributed by atoms with E-state index in [1.165, 1.54) is 38.5 Å². The molecule has 15 heavy (non-hydrogen) atoms. The van der Waals surface area contributed by atoms with Crippen molar-refractivity contribution in [1.82, 2.24) is 5.43 Å². The predicted molar refractivity (Wildman–Crippen MR) is 61.3 cm³/mol. The van der Waals surface area contributed by atoms with E-state index in [1.807, 2.05) is 0 Å². The van der Waals surface area contributed by atoms with Gasteiger partial charge in [0.25, 0.3) is 0 Å². The van der Waals surface area contributed by atoms with E-state index in [2.05, 4.69) is 12.3 Å². The lowest BCUT2D eigenvalue weighted by atomic mass is 9.80. The number of nitrogens with one attached hydrogen (secondary N) is 1. The predicted octanol–water partition coefficient (Wildman–Crippen LogP) is 1.97. The Bertz CT molecular complexity index is 198. The molecule has 1 spiro atoms. The first-order valence-electron chi connectivity index (χ1n) is 6.40. The lowest BCUT2D eigenvalue weighted by Gasteiger charge is -2.41. The Hall–Kier alpha value is -0.120. The standard InChI is InChI=1S/C12H24N2O/c1-2-11(14-13)10-5-8-15-12(9-10)6-3-4-7-12/h10-11,14H,2-9,13H2,1H3. The summed E-state index contributed by atoms with van der Waals surface area (Å²) >= 11 is 0. The molecule has 1 saturated heterocycles. The molecule has 2 atom stereocenters. The van der Waals surface area contributed by atoms with Crippen LogP contribution in [0.4, 0.5) is 0 Å². The van der Waals surface area contributed by atoms with Gasteiger partial charge in [-0.25, -0.2) is 0 Å². The molecule has 88 valence electrons. The Morgan fingerprint density at radius 1 is 1.47 bits per heavy atom. The van der Waals surface area contributed by atoms with Crippen LogP contribution >= 0.6 is 0 Å². The third-order valence-corrected chi connectivity index (χ3v) is 4.27. The van der Waals surface area contributed by atoms with Crippen LogP contribution in [-0.2, 0) is 4.74 Å². The molecule has 3 nitrogen and oxygen atoms in total. The van der Waals surface area contributed by atoms with Gasteiger partial charge >= 0.3 is 0 Å². The topological polar surface area (TPSA) is 47.3 Å². The molecule has 1 aliphatic carbocycles. The summed E-state index contributed by atoms with van der Waals surface area (Å²) in [4.78, 5) is 0. The highest BCUT2D eigenvalue weighted by Crippen LogP contribution is 2.42. The Balaban J connectivity index is 1.96. The quantitative estimate of drug-likeness (QED) is 0.555. The molecule has 0 radical (unpaired) electrons. The second-order valence-corrected chi connectivity index (χ2v) is 5.17. The third kappa shape index (κ3) is 2.35. The van der Waals surface area contributed by atoms with Crippen molar-refractivity contribution in [2.45, 2.75) is 63.5 Å². The lowest BCUT2D eigenvalue weighted by Crippen LogP contribution is -2.47. The van der Waals surface area contributed by atoms with Gasteiger partial charge < -0.3 is 4.74 Å². The van der Waals surface area contributed by atoms with E-state index < -0.39 is 0 Å². The monoisotopic (exact) mass is 212 g/mol. The average molecular weight is 212 g/mol. The number of nitrogens with two attached hydrogens (primary N) is 1. The summed E-state index contributed by atoms with van der Waals surface area (Å²) in [7, 11) is 0. The van der Waals surface area contributed by atoms with Gasteiger partial charge in [-0.15, -0.1) is 0 Å². The van der Waals surface area contributed by atoms with Gasteiger partial charge in [0.15, 0.2) is 0 Å². The molecule has 0 aromatic rings. The number of ether oxygens (including phenoxy) is 1. The Kier molecular flexibility index (Phi) is 3.65. The highest BCUT2D eigenvalue weighted by molar-refractivity contribution is 4.93. The molecule has 2 rings (SSSR count). The van der Waals surface area contributed by atoms with Crippen LogP contribution in [0.25, 0.3) is 0 Å². The highest BCUT2D eigenvalue weighted by atomic mass is 16.5. The minimum absolute atomic E-state index is 0.229. The van der Waals surface area contributed by atoms with Crippen LogP contribution in [-0.4, -0.2) is 18.2 Å². The van der Waals surface area contributed by atoms with Crippen LogP contribution in [0.1, 0.15) is 51.9 Å². The van der Waals surface area contributed by atoms with Gasteiger partial charge in [-0.05, 0) is 38.0 Å². The first kappa shape index (κ1) is 11.4. The number of rotatable bonds is 3. The zero-order valence-corrected chi connectivity index (χ0v) is 9.80. The van der Waals surface area contributed by atoms with Gasteiger partial charge in [0, 0.05) is 12.6 Å². The number of hydrogen-bond donors (Lipinski definition) is 2. The fourth-order valence-corrected chi connectivity index (χ4v) is 3.36. The Labute approximate surface area is 92.7 Å². The average Bonchev–Trinajstić information content (AvgIpc) is 2.68. The van der Waals surface area contributed by atoms with Gasteiger partial charge in [0.2, 0.25) is 0 Å². The van der Waals surface area contributed by atoms with E-state index in [0.717, 1.165) is 13.0 Å². The minimum Gasteiger partial charge on any atom is -0.375 e. The molecule has 3 N–H and O–H groups in total. The molecule has 1 saturated carbocycles. The Morgan fingerprint density at radius 2 is 2.20 bits per heavy atom. The SMILES string of the molecule is CCC(NN)C1CCOC2(CCCC2)C1. The number of hydrogen-bond acceptors (Lipinski definition) is 3. The van der Waals surface area contributed by atoms with Crippen molar-refractivity contribution in [1.29, 1.82) is 0 Å². The second kappa shape index (κ2) is 4.81. The minimum atomic E-state index is 0.229. The molecule has 2 fully saturated rings. The van der Waals surface area contributed by atoms with Crippen molar-refractivity contribution >= 4 is 0 Å². The van der Waals surface area contributed by atoms with Crippen LogP contribution in [0.5, 0.6) is 0 Å². The van der Waals surface area contributed by atoms with Crippen LogP contribution in [0, 0.1) is 5.92 Å². The van der Waals surface area contributed by atoms with Crippen molar-refractivity contribution in [3.8, 4) is 0 Å². The van der Waals surface area contributed by atoms with Crippen LogP contribution < -0.4 is 11.3 Å². The van der Waals surface area contributed by atoms with E-state index in [1.54, 1.807) is 0 Å². The third-order valence-electron chi connectivity index (χ3n) is 4.27. The fourth-order valence-electron chi connectivity index (χ4n) is 3.36. The van der Waals surface area contributed by atoms with Gasteiger partial charge in [0.1, 0.15) is 0 Å². The maximum absolute atomic E-state index is 6.03. The van der Waals surface area contributed by atoms with E-state index in [9.17, 15) is 0 Å². The highest BCUT2D eigenvalue weighted by Gasteiger charge is 2.41. The summed E-state index contributed by atoms with van der Waals surface area (Å²) in [6.07, 6.45) is 8.74. The van der Waals surface area contributed by atoms with Crippen molar-refractivity contribution < 1.29 is 4.74 Å². The summed E-state index contributed by atoms with van der Waals surface area (Å²) in [6.45, 7) is 3.14. The van der Waals surface area contributed by atoms with Crippen molar-refractivity contribution in [2.24, 2.45) is 11.8 Å². The summed E-state index contributed by atoms with van der Waals surface area (Å²) in [5.74, 6) is 6.33. The van der Waals surface area contributed by atoms with E-state index >= 15 is 0 Å². The van der Waals surface area contributed by atoms with Crippen molar-refractivity contribution in [3.05, 3.63) is 0 Å². The molecule has 2 unspecified atom stereocenters. The van der Waals surface area contributed by atoms with E-state index in [0.29, 0.717) is 12.0 Å². The zero-order valence-electron chi connectivity index (χ0n) is 9.80. The van der Waals surface area contributed by atoms with E-state index in [-0.39, 0.29) is 5.60 Å². The molecular weight excluding hydrogens is 188 g/mol. The maximum Gasteiger partial charge on any atom is 0.0685 e. The van der Waals surface area contributed by atoms with Crippen LogP contribution in [0.15, 0.2) is 0 Å². The van der Waals surface area contributed by atoms with Gasteiger partial charge in [-0.1, -0.05) is 19.8 Å². The summed E-state index contributed by atoms with van der Waals surface area (Å²) in [5.41, 5.74) is 3.20. The van der Waals surface area contributed by atoms with Crippen molar-refractivity contribution in [2.75, 3.05) is 6.61 Å². The normalized spacial score (nSPS) is 32.0. The first-order valence-corrected chi connectivity index (χ1v) is 6.40. The summed E-state index contributed by atoms with van der Waals surface area (Å²) in [6, 6.07) is 0.478. The van der Waals surface area contributed by atoms with Gasteiger partial charge in [-0.2, -0.15) is 0 Å². The molecule has 0 amide bonds. The van der Waals surface area contributed by atoms with Crippen LogP contribution in [0.2, 0.25) is 0 Å². The summed E-state index contributed by atoms with van der Waals surface area (Å²) < 4.78 is 6.03. The molecular formula is C12H24N2O. The molecule has 0 aromatic heterocycles. The largest absolute Gasteiger partial charge is 0.375 e. The molecule has 0 aromatic carbocycles. The molecule has 1 heterocycles.